The Balaban J connectivity index is 2.21. The second-order valence-corrected chi connectivity index (χ2v) is 4.59. The molecular formula is C11H17NO3S. The summed E-state index contributed by atoms with van der Waals surface area (Å²) in [7, 11) is 0. The van der Waals surface area contributed by atoms with Gasteiger partial charge in [0.05, 0.1) is 6.10 Å². The smallest absolute Gasteiger partial charge is 0.303 e. The van der Waals surface area contributed by atoms with Gasteiger partial charge < -0.3 is 15.5 Å². The van der Waals surface area contributed by atoms with Crippen molar-refractivity contribution >= 4 is 17.3 Å². The highest BCUT2D eigenvalue weighted by Gasteiger charge is 2.10. The van der Waals surface area contributed by atoms with Gasteiger partial charge in [0.1, 0.15) is 0 Å². The first-order chi connectivity index (χ1) is 7.59. The molecule has 1 rings (SSSR count). The largest absolute Gasteiger partial charge is 0.481 e. The van der Waals surface area contributed by atoms with E-state index in [9.17, 15) is 9.90 Å². The van der Waals surface area contributed by atoms with Gasteiger partial charge in [-0.1, -0.05) is 0 Å². The van der Waals surface area contributed by atoms with Crippen molar-refractivity contribution in [2.75, 3.05) is 6.54 Å². The Kier molecular flexibility index (Phi) is 5.45. The van der Waals surface area contributed by atoms with Gasteiger partial charge in [0.15, 0.2) is 0 Å². The minimum absolute atomic E-state index is 0.101. The minimum Gasteiger partial charge on any atom is -0.481 e. The van der Waals surface area contributed by atoms with Crippen LogP contribution >= 0.6 is 11.3 Å². The third-order valence-corrected chi connectivity index (χ3v) is 3.08. The summed E-state index contributed by atoms with van der Waals surface area (Å²) in [5.74, 6) is -0.785. The van der Waals surface area contributed by atoms with Crippen LogP contribution in [0.1, 0.15) is 31.4 Å². The van der Waals surface area contributed by atoms with Gasteiger partial charge in [0, 0.05) is 19.0 Å². The molecule has 0 amide bonds. The number of aliphatic hydroxyl groups excluding tert-OH is 1. The van der Waals surface area contributed by atoms with E-state index in [2.05, 4.69) is 5.32 Å². The van der Waals surface area contributed by atoms with Gasteiger partial charge in [0.2, 0.25) is 0 Å². The highest BCUT2D eigenvalue weighted by atomic mass is 32.1. The molecule has 90 valence electrons. The molecule has 1 heterocycles. The maximum absolute atomic E-state index is 10.4. The van der Waals surface area contributed by atoms with Gasteiger partial charge in [-0.25, -0.2) is 0 Å². The molecule has 3 N–H and O–H groups in total. The van der Waals surface area contributed by atoms with Crippen LogP contribution in [0.3, 0.4) is 0 Å². The van der Waals surface area contributed by atoms with Crippen LogP contribution in [0.15, 0.2) is 16.8 Å². The summed E-state index contributed by atoms with van der Waals surface area (Å²) in [5.41, 5.74) is 0.905. The number of carbonyl (C=O) groups is 1. The monoisotopic (exact) mass is 243 g/mol. The Labute approximate surface area is 98.9 Å². The number of rotatable bonds is 7. The molecule has 0 saturated carbocycles. The fourth-order valence-electron chi connectivity index (χ4n) is 1.34. The molecule has 2 unspecified atom stereocenters. The Morgan fingerprint density at radius 2 is 2.38 bits per heavy atom. The average molecular weight is 243 g/mol. The van der Waals surface area contributed by atoms with Crippen molar-refractivity contribution in [3.63, 3.8) is 0 Å². The fourth-order valence-corrected chi connectivity index (χ4v) is 2.04. The average Bonchev–Trinajstić information content (AvgIpc) is 2.76. The van der Waals surface area contributed by atoms with Gasteiger partial charge in [0.25, 0.3) is 0 Å². The van der Waals surface area contributed by atoms with Crippen LogP contribution in [0.25, 0.3) is 0 Å². The van der Waals surface area contributed by atoms with Crippen LogP contribution in [0, 0.1) is 0 Å². The van der Waals surface area contributed by atoms with E-state index in [0.717, 1.165) is 5.56 Å². The number of carboxylic acid groups (broad SMARTS) is 1. The molecule has 0 saturated heterocycles. The number of thiophene rings is 1. The van der Waals surface area contributed by atoms with Crippen molar-refractivity contribution in [1.29, 1.82) is 0 Å². The number of nitrogens with one attached hydrogen (secondary N) is 1. The predicted molar refractivity (Wildman–Crippen MR) is 63.6 cm³/mol. The Morgan fingerprint density at radius 3 is 2.94 bits per heavy atom. The lowest BCUT2D eigenvalue weighted by atomic mass is 10.1. The number of carboxylic acids is 1. The Hall–Kier alpha value is -0.910. The lowest BCUT2D eigenvalue weighted by Crippen LogP contribution is -2.30. The van der Waals surface area contributed by atoms with E-state index in [1.165, 1.54) is 0 Å². The molecule has 1 aromatic rings. The van der Waals surface area contributed by atoms with Crippen molar-refractivity contribution in [2.24, 2.45) is 0 Å². The molecule has 5 heteroatoms. The van der Waals surface area contributed by atoms with Gasteiger partial charge in [-0.15, -0.1) is 0 Å². The lowest BCUT2D eigenvalue weighted by Gasteiger charge is -2.15. The maximum Gasteiger partial charge on any atom is 0.303 e. The summed E-state index contributed by atoms with van der Waals surface area (Å²) < 4.78 is 0. The fraction of sp³-hybridized carbons (Fsp3) is 0.545. The number of aliphatic hydroxyl groups is 1. The molecule has 4 nitrogen and oxygen atoms in total. The number of hydrogen-bond donors (Lipinski definition) is 3. The third kappa shape index (κ3) is 4.74. The lowest BCUT2D eigenvalue weighted by molar-refractivity contribution is -0.137. The summed E-state index contributed by atoms with van der Waals surface area (Å²) in [6.07, 6.45) is 0.215. The zero-order valence-corrected chi connectivity index (χ0v) is 10.0. The van der Waals surface area contributed by atoms with Crippen molar-refractivity contribution in [1.82, 2.24) is 5.32 Å². The topological polar surface area (TPSA) is 69.6 Å². The third-order valence-electron chi connectivity index (χ3n) is 2.38. The van der Waals surface area contributed by atoms with E-state index < -0.39 is 12.1 Å². The summed E-state index contributed by atoms with van der Waals surface area (Å²) in [4.78, 5) is 10.4. The van der Waals surface area contributed by atoms with E-state index >= 15 is 0 Å². The van der Waals surface area contributed by atoms with E-state index in [1.54, 1.807) is 11.3 Å². The van der Waals surface area contributed by atoms with Crippen LogP contribution in [-0.4, -0.2) is 28.8 Å². The quantitative estimate of drug-likeness (QED) is 0.680. The predicted octanol–water partition coefficient (Wildman–Crippen LogP) is 1.62. The standard InChI is InChI=1S/C11H17NO3S/c1-8(2-3-11(14)15)12-6-10(13)9-4-5-16-7-9/h4-5,7-8,10,12-13H,2-3,6H2,1H3,(H,14,15). The first kappa shape index (κ1) is 13.2. The van der Waals surface area contributed by atoms with Gasteiger partial charge in [-0.05, 0) is 35.7 Å². The van der Waals surface area contributed by atoms with E-state index in [0.29, 0.717) is 13.0 Å². The first-order valence-electron chi connectivity index (χ1n) is 5.25. The van der Waals surface area contributed by atoms with E-state index in [-0.39, 0.29) is 12.5 Å². The second kappa shape index (κ2) is 6.62. The molecule has 0 spiro atoms. The zero-order chi connectivity index (χ0) is 12.0. The Morgan fingerprint density at radius 1 is 1.62 bits per heavy atom. The molecule has 2 atom stereocenters. The molecule has 0 radical (unpaired) electrons. The summed E-state index contributed by atoms with van der Waals surface area (Å²) in [5, 5.41) is 25.2. The van der Waals surface area contributed by atoms with Crippen LogP contribution in [0.5, 0.6) is 0 Å². The maximum atomic E-state index is 10.4. The molecule has 0 bridgehead atoms. The second-order valence-electron chi connectivity index (χ2n) is 3.81. The van der Waals surface area contributed by atoms with Crippen molar-refractivity contribution in [3.05, 3.63) is 22.4 Å². The molecule has 0 aromatic carbocycles. The number of aliphatic carboxylic acids is 1. The van der Waals surface area contributed by atoms with E-state index in [4.69, 9.17) is 5.11 Å². The molecule has 0 aliphatic heterocycles. The van der Waals surface area contributed by atoms with Crippen molar-refractivity contribution in [3.8, 4) is 0 Å². The molecular weight excluding hydrogens is 226 g/mol. The summed E-state index contributed by atoms with van der Waals surface area (Å²) >= 11 is 1.55. The first-order valence-corrected chi connectivity index (χ1v) is 6.19. The molecule has 1 aromatic heterocycles. The van der Waals surface area contributed by atoms with Gasteiger partial charge in [-0.3, -0.25) is 4.79 Å². The van der Waals surface area contributed by atoms with Crippen molar-refractivity contribution < 1.29 is 15.0 Å². The molecule has 0 fully saturated rings. The Bertz CT molecular complexity index is 313. The van der Waals surface area contributed by atoms with Crippen LogP contribution < -0.4 is 5.32 Å². The van der Waals surface area contributed by atoms with Crippen LogP contribution in [-0.2, 0) is 4.79 Å². The highest BCUT2D eigenvalue weighted by Crippen LogP contribution is 2.15. The van der Waals surface area contributed by atoms with Gasteiger partial charge in [-0.2, -0.15) is 11.3 Å². The summed E-state index contributed by atoms with van der Waals surface area (Å²) in [6.45, 7) is 2.38. The summed E-state index contributed by atoms with van der Waals surface area (Å²) in [6, 6.07) is 1.99. The van der Waals surface area contributed by atoms with Crippen molar-refractivity contribution in [2.45, 2.75) is 31.9 Å². The van der Waals surface area contributed by atoms with Crippen LogP contribution in [0.2, 0.25) is 0 Å². The van der Waals surface area contributed by atoms with Gasteiger partial charge >= 0.3 is 5.97 Å². The minimum atomic E-state index is -0.785. The molecule has 0 aliphatic carbocycles. The van der Waals surface area contributed by atoms with E-state index in [1.807, 2.05) is 23.8 Å². The SMILES string of the molecule is CC(CCC(=O)O)NCC(O)c1ccsc1. The molecule has 0 aliphatic rings. The highest BCUT2D eigenvalue weighted by molar-refractivity contribution is 7.07. The normalized spacial score (nSPS) is 14.6. The zero-order valence-electron chi connectivity index (χ0n) is 9.22. The molecule has 16 heavy (non-hydrogen) atoms. The number of hydrogen-bond acceptors (Lipinski definition) is 4. The van der Waals surface area contributed by atoms with Crippen LogP contribution in [0.4, 0.5) is 0 Å².